The maximum absolute atomic E-state index is 14.1. The highest BCUT2D eigenvalue weighted by Gasteiger charge is 2.25. The minimum atomic E-state index is -0.561. The number of aromatic nitrogens is 1. The number of nitrogens with one attached hydrogen (secondary N) is 2. The van der Waals surface area contributed by atoms with Crippen molar-refractivity contribution in [2.24, 2.45) is 4.99 Å². The monoisotopic (exact) mass is 409 g/mol. The predicted octanol–water partition coefficient (Wildman–Crippen LogP) is 3.85. The van der Waals surface area contributed by atoms with Gasteiger partial charge >= 0.3 is 0 Å². The molecular formula is C23H25F2N5. The molecule has 0 amide bonds. The molecule has 0 saturated carbocycles. The number of fused-ring (bicyclic) bond motifs is 1. The van der Waals surface area contributed by atoms with Gasteiger partial charge < -0.3 is 15.5 Å². The summed E-state index contributed by atoms with van der Waals surface area (Å²) in [5.41, 5.74) is 2.45. The molecule has 1 saturated heterocycles. The Hall–Kier alpha value is -3.22. The van der Waals surface area contributed by atoms with E-state index in [0.29, 0.717) is 25.3 Å². The number of hydrogen-bond acceptors (Lipinski definition) is 3. The topological polar surface area (TPSA) is 52.6 Å². The van der Waals surface area contributed by atoms with Crippen LogP contribution in [-0.2, 0) is 6.54 Å². The molecule has 0 bridgehead atoms. The van der Waals surface area contributed by atoms with E-state index >= 15 is 0 Å². The third-order valence-electron chi connectivity index (χ3n) is 5.25. The first-order valence-corrected chi connectivity index (χ1v) is 10.2. The van der Waals surface area contributed by atoms with E-state index in [1.807, 2.05) is 42.2 Å². The predicted molar refractivity (Wildman–Crippen MR) is 117 cm³/mol. The smallest absolute Gasteiger partial charge is 0.191 e. The lowest BCUT2D eigenvalue weighted by Crippen LogP contribution is -2.44. The zero-order chi connectivity index (χ0) is 20.9. The van der Waals surface area contributed by atoms with Crippen LogP contribution in [0, 0.1) is 11.6 Å². The highest BCUT2D eigenvalue weighted by molar-refractivity contribution is 5.83. The second-order valence-corrected chi connectivity index (χ2v) is 7.36. The van der Waals surface area contributed by atoms with Gasteiger partial charge in [0.05, 0.1) is 17.7 Å². The van der Waals surface area contributed by atoms with Gasteiger partial charge in [-0.15, -0.1) is 0 Å². The molecule has 2 N–H and O–H groups in total. The van der Waals surface area contributed by atoms with Gasteiger partial charge in [-0.3, -0.25) is 4.98 Å². The number of halogens is 2. The number of pyridine rings is 1. The van der Waals surface area contributed by atoms with Crippen molar-refractivity contribution in [3.05, 3.63) is 71.9 Å². The molecule has 1 unspecified atom stereocenters. The summed E-state index contributed by atoms with van der Waals surface area (Å²) in [5, 5.41) is 7.82. The summed E-state index contributed by atoms with van der Waals surface area (Å²) >= 11 is 0. The first-order valence-electron chi connectivity index (χ1n) is 10.2. The summed E-state index contributed by atoms with van der Waals surface area (Å²) in [6, 6.07) is 13.9. The van der Waals surface area contributed by atoms with Crippen LogP contribution in [0.5, 0.6) is 0 Å². The van der Waals surface area contributed by atoms with Gasteiger partial charge in [-0.25, -0.2) is 13.8 Å². The van der Waals surface area contributed by atoms with Crippen LogP contribution in [-0.4, -0.2) is 36.6 Å². The van der Waals surface area contributed by atoms with Crippen molar-refractivity contribution in [2.75, 3.05) is 24.5 Å². The largest absolute Gasteiger partial charge is 0.367 e. The second-order valence-electron chi connectivity index (χ2n) is 7.36. The quantitative estimate of drug-likeness (QED) is 0.497. The number of hydrogen-bond donors (Lipinski definition) is 2. The third-order valence-corrected chi connectivity index (χ3v) is 5.25. The summed E-state index contributed by atoms with van der Waals surface area (Å²) in [5.74, 6) is -0.369. The van der Waals surface area contributed by atoms with Crippen molar-refractivity contribution >= 4 is 22.5 Å². The second kappa shape index (κ2) is 9.07. The number of nitrogens with zero attached hydrogens (tertiary/aromatic N) is 3. The minimum absolute atomic E-state index is 0.123. The van der Waals surface area contributed by atoms with Gasteiger partial charge in [-0.1, -0.05) is 24.3 Å². The van der Waals surface area contributed by atoms with E-state index in [9.17, 15) is 8.78 Å². The molecule has 3 aromatic rings. The Balaban J connectivity index is 1.44. The van der Waals surface area contributed by atoms with E-state index in [4.69, 9.17) is 4.99 Å². The van der Waals surface area contributed by atoms with Crippen molar-refractivity contribution in [3.8, 4) is 0 Å². The van der Waals surface area contributed by atoms with Gasteiger partial charge in [0.1, 0.15) is 11.6 Å². The van der Waals surface area contributed by atoms with Gasteiger partial charge in [-0.05, 0) is 37.1 Å². The van der Waals surface area contributed by atoms with Crippen LogP contribution in [0.3, 0.4) is 0 Å². The minimum Gasteiger partial charge on any atom is -0.367 e. The third kappa shape index (κ3) is 4.50. The van der Waals surface area contributed by atoms with Crippen LogP contribution < -0.4 is 15.5 Å². The highest BCUT2D eigenvalue weighted by Crippen LogP contribution is 2.24. The normalized spacial score (nSPS) is 16.8. The molecule has 1 fully saturated rings. The van der Waals surface area contributed by atoms with Crippen molar-refractivity contribution in [2.45, 2.75) is 25.9 Å². The Morgan fingerprint density at radius 3 is 2.90 bits per heavy atom. The van der Waals surface area contributed by atoms with E-state index in [1.54, 1.807) is 6.20 Å². The zero-order valence-electron chi connectivity index (χ0n) is 16.9. The molecule has 7 heteroatoms. The first-order chi connectivity index (χ1) is 14.6. The lowest BCUT2D eigenvalue weighted by molar-refractivity contribution is 0.580. The highest BCUT2D eigenvalue weighted by atomic mass is 19.1. The summed E-state index contributed by atoms with van der Waals surface area (Å²) < 4.78 is 27.3. The number of rotatable bonds is 5. The van der Waals surface area contributed by atoms with Crippen molar-refractivity contribution in [1.82, 2.24) is 15.6 Å². The Morgan fingerprint density at radius 1 is 1.20 bits per heavy atom. The molecule has 156 valence electrons. The molecule has 30 heavy (non-hydrogen) atoms. The molecule has 4 rings (SSSR count). The maximum Gasteiger partial charge on any atom is 0.191 e. The number of benzene rings is 2. The molecule has 0 spiro atoms. The Morgan fingerprint density at radius 2 is 2.07 bits per heavy atom. The Labute approximate surface area is 174 Å². The van der Waals surface area contributed by atoms with Crippen LogP contribution in [0.2, 0.25) is 0 Å². The van der Waals surface area contributed by atoms with E-state index in [-0.39, 0.29) is 6.04 Å². The average molecular weight is 409 g/mol. The summed E-state index contributed by atoms with van der Waals surface area (Å²) in [6.07, 6.45) is 2.64. The number of para-hydroxylation sites is 1. The molecule has 1 aliphatic heterocycles. The number of guanidine groups is 1. The molecule has 1 atom stereocenters. The SMILES string of the molecule is CCNC(=NCc1cccc2cccnc12)NC1CCN(c2ccc(F)cc2F)C1. The van der Waals surface area contributed by atoms with Gasteiger partial charge in [0.2, 0.25) is 0 Å². The molecule has 5 nitrogen and oxygen atoms in total. The molecule has 0 radical (unpaired) electrons. The zero-order valence-corrected chi connectivity index (χ0v) is 16.9. The average Bonchev–Trinajstić information content (AvgIpc) is 3.20. The van der Waals surface area contributed by atoms with Crippen molar-refractivity contribution < 1.29 is 8.78 Å². The van der Waals surface area contributed by atoms with Crippen LogP contribution in [0.4, 0.5) is 14.5 Å². The van der Waals surface area contributed by atoms with E-state index in [1.165, 1.54) is 12.1 Å². The van der Waals surface area contributed by atoms with Gasteiger partial charge in [0.25, 0.3) is 0 Å². The van der Waals surface area contributed by atoms with Crippen LogP contribution in [0.25, 0.3) is 10.9 Å². The van der Waals surface area contributed by atoms with E-state index in [2.05, 4.69) is 15.6 Å². The summed E-state index contributed by atoms with van der Waals surface area (Å²) in [6.45, 7) is 4.59. The van der Waals surface area contributed by atoms with Crippen molar-refractivity contribution in [3.63, 3.8) is 0 Å². The molecule has 1 aliphatic rings. The van der Waals surface area contributed by atoms with Crippen LogP contribution >= 0.6 is 0 Å². The fourth-order valence-electron chi connectivity index (χ4n) is 3.81. The van der Waals surface area contributed by atoms with Gasteiger partial charge in [0, 0.05) is 43.3 Å². The van der Waals surface area contributed by atoms with Gasteiger partial charge in [0.15, 0.2) is 5.96 Å². The van der Waals surface area contributed by atoms with Crippen LogP contribution in [0.15, 0.2) is 59.7 Å². The molecule has 2 aromatic carbocycles. The Kier molecular flexibility index (Phi) is 6.07. The van der Waals surface area contributed by atoms with E-state index < -0.39 is 11.6 Å². The van der Waals surface area contributed by atoms with E-state index in [0.717, 1.165) is 41.5 Å². The summed E-state index contributed by atoms with van der Waals surface area (Å²) in [4.78, 5) is 11.2. The fraction of sp³-hybridized carbons (Fsp3) is 0.304. The maximum atomic E-state index is 14.1. The van der Waals surface area contributed by atoms with Crippen LogP contribution in [0.1, 0.15) is 18.9 Å². The lowest BCUT2D eigenvalue weighted by atomic mass is 10.1. The molecule has 2 heterocycles. The molecule has 1 aromatic heterocycles. The Bertz CT molecular complexity index is 1050. The number of anilines is 1. The number of aliphatic imine (C=N–C) groups is 1. The van der Waals surface area contributed by atoms with Crippen molar-refractivity contribution in [1.29, 1.82) is 0 Å². The standard InChI is InChI=1S/C23H25F2N5/c1-2-26-23(28-14-17-6-3-5-16-7-4-11-27-22(16)17)29-19-10-12-30(15-19)21-9-8-18(24)13-20(21)25/h3-9,11,13,19H,2,10,12,14-15H2,1H3,(H2,26,28,29). The molecular weight excluding hydrogens is 384 g/mol. The summed E-state index contributed by atoms with van der Waals surface area (Å²) in [7, 11) is 0. The molecule has 0 aliphatic carbocycles. The lowest BCUT2D eigenvalue weighted by Gasteiger charge is -2.21. The first kappa shape index (κ1) is 20.1. The van der Waals surface area contributed by atoms with Gasteiger partial charge in [-0.2, -0.15) is 0 Å². The fourth-order valence-corrected chi connectivity index (χ4v) is 3.81.